The van der Waals surface area contributed by atoms with Gasteiger partial charge in [0.15, 0.2) is 0 Å². The molecule has 4 nitrogen and oxygen atoms in total. The van der Waals surface area contributed by atoms with Crippen molar-refractivity contribution in [3.63, 3.8) is 0 Å². The number of hydrogen-bond donors (Lipinski definition) is 1. The predicted octanol–water partition coefficient (Wildman–Crippen LogP) is 1.17. The number of aromatic nitrogens is 2. The van der Waals surface area contributed by atoms with Gasteiger partial charge in [-0.3, -0.25) is 0 Å². The fourth-order valence-corrected chi connectivity index (χ4v) is 0.794. The number of nitrogens with zero attached hydrogens (tertiary/aromatic N) is 3. The van der Waals surface area contributed by atoms with E-state index < -0.39 is 0 Å². The highest BCUT2D eigenvalue weighted by Gasteiger charge is 1.98. The zero-order valence-corrected chi connectivity index (χ0v) is 7.07. The smallest absolute Gasteiger partial charge is 0.150 e. The number of rotatable bonds is 2. The van der Waals surface area contributed by atoms with Gasteiger partial charge < -0.3 is 5.32 Å². The third-order valence-electron chi connectivity index (χ3n) is 1.22. The highest BCUT2D eigenvalue weighted by atomic mass is 15.2. The lowest BCUT2D eigenvalue weighted by atomic mass is 10.3. The fraction of sp³-hybridized carbons (Fsp3) is 0.375. The third kappa shape index (κ3) is 2.20. The summed E-state index contributed by atoms with van der Waals surface area (Å²) in [6, 6.07) is 3.97. The molecule has 0 aliphatic rings. The molecule has 1 rings (SSSR count). The van der Waals surface area contributed by atoms with Crippen LogP contribution in [0.3, 0.4) is 0 Å². The SMILES string of the molecule is CC(C)Nc1cc(C#N)cnn1. The first kappa shape index (κ1) is 8.47. The molecule has 0 aliphatic carbocycles. The van der Waals surface area contributed by atoms with Gasteiger partial charge >= 0.3 is 0 Å². The highest BCUT2D eigenvalue weighted by molar-refractivity contribution is 5.40. The fourth-order valence-electron chi connectivity index (χ4n) is 0.794. The van der Waals surface area contributed by atoms with Crippen LogP contribution in [-0.2, 0) is 0 Å². The maximum absolute atomic E-state index is 8.55. The molecular formula is C8H10N4. The first-order valence-corrected chi connectivity index (χ1v) is 3.71. The van der Waals surface area contributed by atoms with Crippen LogP contribution in [-0.4, -0.2) is 16.2 Å². The van der Waals surface area contributed by atoms with Crippen molar-refractivity contribution in [3.8, 4) is 6.07 Å². The minimum absolute atomic E-state index is 0.299. The van der Waals surface area contributed by atoms with Crippen LogP contribution in [0.15, 0.2) is 12.3 Å². The van der Waals surface area contributed by atoms with Crippen LogP contribution < -0.4 is 5.32 Å². The molecule has 62 valence electrons. The van der Waals surface area contributed by atoms with Crippen LogP contribution in [0, 0.1) is 11.3 Å². The maximum atomic E-state index is 8.55. The van der Waals surface area contributed by atoms with E-state index in [1.54, 1.807) is 6.07 Å². The van der Waals surface area contributed by atoms with E-state index >= 15 is 0 Å². The van der Waals surface area contributed by atoms with Gasteiger partial charge in [-0.05, 0) is 13.8 Å². The van der Waals surface area contributed by atoms with Gasteiger partial charge in [0.05, 0.1) is 11.8 Å². The molecule has 0 radical (unpaired) electrons. The number of nitrogens with one attached hydrogen (secondary N) is 1. The summed E-state index contributed by atoms with van der Waals surface area (Å²) in [4.78, 5) is 0. The predicted molar refractivity (Wildman–Crippen MR) is 45.5 cm³/mol. The molecule has 0 aromatic carbocycles. The zero-order valence-electron chi connectivity index (χ0n) is 7.07. The Hall–Kier alpha value is -1.63. The summed E-state index contributed by atoms with van der Waals surface area (Å²) in [5.41, 5.74) is 0.521. The van der Waals surface area contributed by atoms with Crippen LogP contribution in [0.2, 0.25) is 0 Å². The second-order valence-corrected chi connectivity index (χ2v) is 2.74. The van der Waals surface area contributed by atoms with E-state index in [1.165, 1.54) is 6.20 Å². The Morgan fingerprint density at radius 2 is 2.33 bits per heavy atom. The minimum atomic E-state index is 0.299. The van der Waals surface area contributed by atoms with Crippen molar-refractivity contribution in [3.05, 3.63) is 17.8 Å². The Kier molecular flexibility index (Phi) is 2.59. The Balaban J connectivity index is 2.81. The van der Waals surface area contributed by atoms with Crippen LogP contribution in [0.1, 0.15) is 19.4 Å². The van der Waals surface area contributed by atoms with Gasteiger partial charge in [0.2, 0.25) is 0 Å². The van der Waals surface area contributed by atoms with E-state index in [0.717, 1.165) is 0 Å². The van der Waals surface area contributed by atoms with E-state index in [-0.39, 0.29) is 0 Å². The van der Waals surface area contributed by atoms with Crippen LogP contribution in [0.4, 0.5) is 5.82 Å². The summed E-state index contributed by atoms with van der Waals surface area (Å²) in [5.74, 6) is 0.643. The van der Waals surface area contributed by atoms with Gasteiger partial charge in [0.25, 0.3) is 0 Å². The highest BCUT2D eigenvalue weighted by Crippen LogP contribution is 2.04. The summed E-state index contributed by atoms with van der Waals surface area (Å²) >= 11 is 0. The van der Waals surface area contributed by atoms with Gasteiger partial charge in [0.1, 0.15) is 11.9 Å². The molecule has 4 heteroatoms. The summed E-state index contributed by atoms with van der Waals surface area (Å²) in [7, 11) is 0. The molecule has 0 aliphatic heterocycles. The van der Waals surface area contributed by atoms with Gasteiger partial charge in [0, 0.05) is 12.1 Å². The van der Waals surface area contributed by atoms with Crippen molar-refractivity contribution in [2.24, 2.45) is 0 Å². The maximum Gasteiger partial charge on any atom is 0.150 e. The second-order valence-electron chi connectivity index (χ2n) is 2.74. The van der Waals surface area contributed by atoms with Crippen molar-refractivity contribution < 1.29 is 0 Å². The van der Waals surface area contributed by atoms with Crippen molar-refractivity contribution in [2.75, 3.05) is 5.32 Å². The lowest BCUT2D eigenvalue weighted by molar-refractivity contribution is 0.873. The van der Waals surface area contributed by atoms with Crippen molar-refractivity contribution >= 4 is 5.82 Å². The molecule has 1 aromatic rings. The largest absolute Gasteiger partial charge is 0.366 e. The summed E-state index contributed by atoms with van der Waals surface area (Å²) in [5, 5.41) is 19.1. The Bertz CT molecular complexity index is 300. The summed E-state index contributed by atoms with van der Waals surface area (Å²) in [6.45, 7) is 4.00. The lowest BCUT2D eigenvalue weighted by Crippen LogP contribution is -2.11. The monoisotopic (exact) mass is 162 g/mol. The molecule has 0 spiro atoms. The molecule has 1 N–H and O–H groups in total. The average molecular weight is 162 g/mol. The van der Waals surface area contributed by atoms with E-state index in [0.29, 0.717) is 17.4 Å². The Labute approximate surface area is 71.2 Å². The van der Waals surface area contributed by atoms with Crippen LogP contribution in [0.5, 0.6) is 0 Å². The zero-order chi connectivity index (χ0) is 8.97. The standard InChI is InChI=1S/C8H10N4/c1-6(2)11-8-3-7(4-9)5-10-12-8/h3,5-6H,1-2H3,(H,11,12). The molecule has 0 saturated carbocycles. The summed E-state index contributed by atoms with van der Waals surface area (Å²) in [6.07, 6.45) is 1.44. The van der Waals surface area contributed by atoms with Crippen LogP contribution in [0.25, 0.3) is 0 Å². The minimum Gasteiger partial charge on any atom is -0.366 e. The first-order chi connectivity index (χ1) is 5.72. The molecule has 0 unspecified atom stereocenters. The van der Waals surface area contributed by atoms with Gasteiger partial charge in [-0.25, -0.2) is 0 Å². The second kappa shape index (κ2) is 3.67. The lowest BCUT2D eigenvalue weighted by Gasteiger charge is -2.06. The van der Waals surface area contributed by atoms with E-state index in [9.17, 15) is 0 Å². The number of anilines is 1. The Morgan fingerprint density at radius 1 is 1.58 bits per heavy atom. The van der Waals surface area contributed by atoms with E-state index in [4.69, 9.17) is 5.26 Å². The third-order valence-corrected chi connectivity index (χ3v) is 1.22. The molecule has 0 saturated heterocycles. The molecule has 0 atom stereocenters. The quantitative estimate of drug-likeness (QED) is 0.709. The number of hydrogen-bond acceptors (Lipinski definition) is 4. The molecule has 0 fully saturated rings. The van der Waals surface area contributed by atoms with Crippen molar-refractivity contribution in [1.82, 2.24) is 10.2 Å². The van der Waals surface area contributed by atoms with Gasteiger partial charge in [-0.15, -0.1) is 5.10 Å². The van der Waals surface area contributed by atoms with Crippen molar-refractivity contribution in [1.29, 1.82) is 5.26 Å². The van der Waals surface area contributed by atoms with E-state index in [2.05, 4.69) is 15.5 Å². The van der Waals surface area contributed by atoms with E-state index in [1.807, 2.05) is 19.9 Å². The molecule has 12 heavy (non-hydrogen) atoms. The van der Waals surface area contributed by atoms with Crippen molar-refractivity contribution in [2.45, 2.75) is 19.9 Å². The molecule has 0 amide bonds. The van der Waals surface area contributed by atoms with Gasteiger partial charge in [-0.1, -0.05) is 0 Å². The van der Waals surface area contributed by atoms with Gasteiger partial charge in [-0.2, -0.15) is 10.4 Å². The topological polar surface area (TPSA) is 61.6 Å². The number of nitriles is 1. The molecule has 0 bridgehead atoms. The molecule has 1 heterocycles. The first-order valence-electron chi connectivity index (χ1n) is 3.71. The average Bonchev–Trinajstić information content (AvgIpc) is 2.03. The molecular weight excluding hydrogens is 152 g/mol. The summed E-state index contributed by atoms with van der Waals surface area (Å²) < 4.78 is 0. The van der Waals surface area contributed by atoms with Crippen LogP contribution >= 0.6 is 0 Å². The normalized spacial score (nSPS) is 9.50. The Morgan fingerprint density at radius 3 is 2.92 bits per heavy atom. The molecule has 1 aromatic heterocycles.